The molecule has 0 aromatic heterocycles. The van der Waals surface area contributed by atoms with Crippen molar-refractivity contribution in [3.05, 3.63) is 0 Å². The van der Waals surface area contributed by atoms with Gasteiger partial charge in [0, 0.05) is 25.2 Å². The molecular formula is C10H24N2O2. The van der Waals surface area contributed by atoms with E-state index >= 15 is 0 Å². The van der Waals surface area contributed by atoms with E-state index in [2.05, 4.69) is 4.90 Å². The molecule has 0 bridgehead atoms. The molecule has 0 rings (SSSR count). The molecule has 14 heavy (non-hydrogen) atoms. The molecule has 0 aliphatic rings. The van der Waals surface area contributed by atoms with Gasteiger partial charge in [0.25, 0.3) is 0 Å². The molecule has 0 aromatic carbocycles. The highest BCUT2D eigenvalue weighted by molar-refractivity contribution is 4.77. The molecule has 0 unspecified atom stereocenters. The first-order valence-electron chi connectivity index (χ1n) is 5.42. The maximum absolute atomic E-state index is 9.20. The Morgan fingerprint density at radius 1 is 1.07 bits per heavy atom. The van der Waals surface area contributed by atoms with Gasteiger partial charge in [-0.2, -0.15) is 0 Å². The molecule has 0 aromatic rings. The molecule has 0 saturated carbocycles. The minimum Gasteiger partial charge on any atom is -0.395 e. The zero-order valence-corrected chi connectivity index (χ0v) is 9.32. The standard InChI is InChI=1S/C10H24N2O2/c1-3-9(7-13)12(6-5-11)10(4-2)8-14/h9-10,13-14H,3-8,11H2,1-2H3/t9-,10-/m0/s1. The van der Waals surface area contributed by atoms with Gasteiger partial charge in [0.2, 0.25) is 0 Å². The molecule has 2 atom stereocenters. The van der Waals surface area contributed by atoms with Crippen LogP contribution in [0.25, 0.3) is 0 Å². The first-order chi connectivity index (χ1) is 6.74. The fourth-order valence-corrected chi connectivity index (χ4v) is 1.75. The highest BCUT2D eigenvalue weighted by Crippen LogP contribution is 2.10. The first kappa shape index (κ1) is 13.8. The van der Waals surface area contributed by atoms with Crippen LogP contribution in [0.4, 0.5) is 0 Å². The largest absolute Gasteiger partial charge is 0.395 e. The zero-order chi connectivity index (χ0) is 11.0. The van der Waals surface area contributed by atoms with Crippen molar-refractivity contribution in [3.8, 4) is 0 Å². The van der Waals surface area contributed by atoms with Gasteiger partial charge in [0.1, 0.15) is 0 Å². The van der Waals surface area contributed by atoms with E-state index in [1.54, 1.807) is 0 Å². The lowest BCUT2D eigenvalue weighted by Gasteiger charge is -2.35. The molecule has 0 heterocycles. The quantitative estimate of drug-likeness (QED) is 0.511. The summed E-state index contributed by atoms with van der Waals surface area (Å²) in [6.07, 6.45) is 1.76. The van der Waals surface area contributed by atoms with Crippen molar-refractivity contribution < 1.29 is 10.2 Å². The molecule has 0 aliphatic heterocycles. The van der Waals surface area contributed by atoms with Crippen molar-refractivity contribution in [2.24, 2.45) is 5.73 Å². The van der Waals surface area contributed by atoms with Gasteiger partial charge in [-0.1, -0.05) is 13.8 Å². The Kier molecular flexibility index (Phi) is 8.08. The topological polar surface area (TPSA) is 69.7 Å². The van der Waals surface area contributed by atoms with Crippen LogP contribution in [-0.2, 0) is 0 Å². The lowest BCUT2D eigenvalue weighted by atomic mass is 10.1. The molecule has 0 fully saturated rings. The normalized spacial score (nSPS) is 15.9. The lowest BCUT2D eigenvalue weighted by Crippen LogP contribution is -2.48. The van der Waals surface area contributed by atoms with E-state index in [1.165, 1.54) is 0 Å². The second-order valence-corrected chi connectivity index (χ2v) is 3.52. The number of rotatable bonds is 8. The van der Waals surface area contributed by atoms with Gasteiger partial charge < -0.3 is 15.9 Å². The predicted octanol–water partition coefficient (Wildman–Crippen LogP) is -0.211. The Hall–Kier alpha value is -0.160. The maximum atomic E-state index is 9.20. The molecule has 0 aliphatic carbocycles. The Morgan fingerprint density at radius 3 is 1.71 bits per heavy atom. The lowest BCUT2D eigenvalue weighted by molar-refractivity contribution is 0.0505. The van der Waals surface area contributed by atoms with Gasteiger partial charge in [-0.15, -0.1) is 0 Å². The van der Waals surface area contributed by atoms with Gasteiger partial charge in [-0.25, -0.2) is 0 Å². The molecule has 86 valence electrons. The van der Waals surface area contributed by atoms with Crippen molar-refractivity contribution in [1.29, 1.82) is 0 Å². The highest BCUT2D eigenvalue weighted by Gasteiger charge is 2.22. The monoisotopic (exact) mass is 204 g/mol. The number of aliphatic hydroxyl groups is 2. The summed E-state index contributed by atoms with van der Waals surface area (Å²) in [7, 11) is 0. The SMILES string of the molecule is CC[C@@H](CO)N(CCN)[C@@H](CC)CO. The van der Waals surface area contributed by atoms with Gasteiger partial charge in [-0.05, 0) is 12.8 Å². The van der Waals surface area contributed by atoms with Gasteiger partial charge in [-0.3, -0.25) is 4.90 Å². The predicted molar refractivity (Wildman–Crippen MR) is 58.1 cm³/mol. The third kappa shape index (κ3) is 3.92. The van der Waals surface area contributed by atoms with Gasteiger partial charge >= 0.3 is 0 Å². The summed E-state index contributed by atoms with van der Waals surface area (Å²) in [6, 6.07) is 0.242. The van der Waals surface area contributed by atoms with Crippen LogP contribution in [0.15, 0.2) is 0 Å². The van der Waals surface area contributed by atoms with Crippen LogP contribution in [0, 0.1) is 0 Å². The van der Waals surface area contributed by atoms with Crippen LogP contribution in [0.1, 0.15) is 26.7 Å². The van der Waals surface area contributed by atoms with Crippen molar-refractivity contribution in [3.63, 3.8) is 0 Å². The van der Waals surface area contributed by atoms with E-state index in [9.17, 15) is 10.2 Å². The Morgan fingerprint density at radius 2 is 1.50 bits per heavy atom. The average Bonchev–Trinajstić information content (AvgIpc) is 2.21. The molecule has 0 radical (unpaired) electrons. The second-order valence-electron chi connectivity index (χ2n) is 3.52. The minimum atomic E-state index is 0.121. The summed E-state index contributed by atoms with van der Waals surface area (Å²) in [5, 5.41) is 18.4. The maximum Gasteiger partial charge on any atom is 0.0586 e. The number of nitrogens with zero attached hydrogens (tertiary/aromatic N) is 1. The number of aliphatic hydroxyl groups excluding tert-OH is 2. The summed E-state index contributed by atoms with van der Waals surface area (Å²) >= 11 is 0. The van der Waals surface area contributed by atoms with E-state index in [0.717, 1.165) is 19.4 Å². The first-order valence-corrected chi connectivity index (χ1v) is 5.42. The van der Waals surface area contributed by atoms with Crippen LogP contribution >= 0.6 is 0 Å². The van der Waals surface area contributed by atoms with Crippen molar-refractivity contribution in [2.45, 2.75) is 38.8 Å². The van der Waals surface area contributed by atoms with Crippen LogP contribution in [0.5, 0.6) is 0 Å². The van der Waals surface area contributed by atoms with Crippen molar-refractivity contribution in [1.82, 2.24) is 4.90 Å². The van der Waals surface area contributed by atoms with E-state index in [0.29, 0.717) is 6.54 Å². The average molecular weight is 204 g/mol. The van der Waals surface area contributed by atoms with Gasteiger partial charge in [0.05, 0.1) is 13.2 Å². The third-order valence-electron chi connectivity index (χ3n) is 2.69. The second kappa shape index (κ2) is 8.17. The Labute approximate surface area is 86.7 Å². The van der Waals surface area contributed by atoms with E-state index in [4.69, 9.17) is 5.73 Å². The molecule has 4 heteroatoms. The minimum absolute atomic E-state index is 0.121. The molecule has 4 nitrogen and oxygen atoms in total. The molecule has 0 saturated heterocycles. The van der Waals surface area contributed by atoms with Crippen molar-refractivity contribution in [2.75, 3.05) is 26.3 Å². The van der Waals surface area contributed by atoms with Crippen LogP contribution < -0.4 is 5.73 Å². The van der Waals surface area contributed by atoms with E-state index in [-0.39, 0.29) is 25.3 Å². The van der Waals surface area contributed by atoms with Crippen LogP contribution in [-0.4, -0.2) is 53.5 Å². The number of hydrogen-bond acceptors (Lipinski definition) is 4. The molecule has 0 spiro atoms. The smallest absolute Gasteiger partial charge is 0.0586 e. The summed E-state index contributed by atoms with van der Waals surface area (Å²) in [5.41, 5.74) is 5.52. The van der Waals surface area contributed by atoms with Crippen LogP contribution in [0.2, 0.25) is 0 Å². The fraction of sp³-hybridized carbons (Fsp3) is 1.00. The summed E-state index contributed by atoms with van der Waals surface area (Å²) in [6.45, 7) is 5.63. The summed E-state index contributed by atoms with van der Waals surface area (Å²) in [5.74, 6) is 0. The van der Waals surface area contributed by atoms with E-state index in [1.807, 2.05) is 13.8 Å². The summed E-state index contributed by atoms with van der Waals surface area (Å²) < 4.78 is 0. The Bertz CT molecular complexity index is 113. The van der Waals surface area contributed by atoms with E-state index < -0.39 is 0 Å². The molecular weight excluding hydrogens is 180 g/mol. The number of hydrogen-bond donors (Lipinski definition) is 3. The summed E-state index contributed by atoms with van der Waals surface area (Å²) in [4.78, 5) is 2.11. The number of nitrogens with two attached hydrogens (primary N) is 1. The molecule has 0 amide bonds. The zero-order valence-electron chi connectivity index (χ0n) is 9.32. The van der Waals surface area contributed by atoms with Crippen molar-refractivity contribution >= 4 is 0 Å². The van der Waals surface area contributed by atoms with Crippen LogP contribution in [0.3, 0.4) is 0 Å². The highest BCUT2D eigenvalue weighted by atomic mass is 16.3. The fourth-order valence-electron chi connectivity index (χ4n) is 1.75. The molecule has 4 N–H and O–H groups in total. The van der Waals surface area contributed by atoms with Gasteiger partial charge in [0.15, 0.2) is 0 Å². The third-order valence-corrected chi connectivity index (χ3v) is 2.69. The Balaban J connectivity index is 4.36.